The Morgan fingerprint density at radius 2 is 1.76 bits per heavy atom. The van der Waals surface area contributed by atoms with Gasteiger partial charge in [0.2, 0.25) is 5.91 Å². The van der Waals surface area contributed by atoms with Crippen LogP contribution >= 0.6 is 0 Å². The Balaban J connectivity index is 1.61. The number of fused-ring (bicyclic) bond motifs is 2. The lowest BCUT2D eigenvalue weighted by atomic mass is 10.1. The Kier molecular flexibility index (Phi) is 3.73. The third-order valence-corrected chi connectivity index (χ3v) is 4.55. The van der Waals surface area contributed by atoms with Crippen molar-refractivity contribution in [1.82, 2.24) is 5.16 Å². The largest absolute Gasteiger partial charge is 0.356 e. The number of nitrogens with one attached hydrogen (secondary N) is 1. The maximum Gasteiger partial charge on any atom is 0.230 e. The minimum atomic E-state index is -0.107. The third-order valence-electron chi connectivity index (χ3n) is 4.55. The molecule has 0 fully saturated rings. The zero-order valence-electron chi connectivity index (χ0n) is 14.2. The summed E-state index contributed by atoms with van der Waals surface area (Å²) in [7, 11) is 0. The third kappa shape index (κ3) is 2.87. The summed E-state index contributed by atoms with van der Waals surface area (Å²) in [4.78, 5) is 12.5. The first-order valence-electron chi connectivity index (χ1n) is 8.25. The van der Waals surface area contributed by atoms with Gasteiger partial charge in [-0.3, -0.25) is 4.79 Å². The quantitative estimate of drug-likeness (QED) is 0.588. The van der Waals surface area contributed by atoms with E-state index in [-0.39, 0.29) is 12.3 Å². The van der Waals surface area contributed by atoms with Crippen molar-refractivity contribution in [2.45, 2.75) is 20.3 Å². The molecule has 3 aromatic carbocycles. The Bertz CT molecular complexity index is 1090. The molecule has 1 aromatic heterocycles. The minimum absolute atomic E-state index is 0.107. The van der Waals surface area contributed by atoms with Gasteiger partial charge in [0.15, 0.2) is 5.58 Å². The molecule has 25 heavy (non-hydrogen) atoms. The van der Waals surface area contributed by atoms with E-state index < -0.39 is 0 Å². The number of carbonyl (C=O) groups is 1. The van der Waals surface area contributed by atoms with Crippen LogP contribution in [0.4, 0.5) is 5.69 Å². The molecular weight excluding hydrogens is 312 g/mol. The lowest BCUT2D eigenvalue weighted by molar-refractivity contribution is -0.115. The second-order valence-electron chi connectivity index (χ2n) is 6.31. The van der Waals surface area contributed by atoms with Gasteiger partial charge in [0, 0.05) is 16.5 Å². The SMILES string of the molecule is Cc1cc2onc(CC(=O)Nc3cccc4ccccc34)c2cc1C. The lowest BCUT2D eigenvalue weighted by Gasteiger charge is -2.08. The van der Waals surface area contributed by atoms with E-state index in [9.17, 15) is 4.79 Å². The van der Waals surface area contributed by atoms with E-state index in [4.69, 9.17) is 4.52 Å². The Morgan fingerprint density at radius 3 is 2.64 bits per heavy atom. The molecule has 4 rings (SSSR count). The van der Waals surface area contributed by atoms with Crippen LogP contribution in [0.1, 0.15) is 16.8 Å². The van der Waals surface area contributed by atoms with Crippen LogP contribution in [0.2, 0.25) is 0 Å². The van der Waals surface area contributed by atoms with Crippen molar-refractivity contribution in [1.29, 1.82) is 0 Å². The van der Waals surface area contributed by atoms with Gasteiger partial charge in [-0.25, -0.2) is 0 Å². The van der Waals surface area contributed by atoms with Crippen molar-refractivity contribution >= 4 is 33.3 Å². The van der Waals surface area contributed by atoms with Gasteiger partial charge < -0.3 is 9.84 Å². The molecule has 1 heterocycles. The predicted octanol–water partition coefficient (Wildman–Crippen LogP) is 4.78. The second kappa shape index (κ2) is 6.06. The summed E-state index contributed by atoms with van der Waals surface area (Å²) in [6.45, 7) is 4.08. The topological polar surface area (TPSA) is 55.1 Å². The normalized spacial score (nSPS) is 11.1. The van der Waals surface area contributed by atoms with Gasteiger partial charge in [-0.15, -0.1) is 0 Å². The minimum Gasteiger partial charge on any atom is -0.356 e. The molecule has 0 aliphatic carbocycles. The summed E-state index contributed by atoms with van der Waals surface area (Å²) >= 11 is 0. The van der Waals surface area contributed by atoms with Gasteiger partial charge in [0.1, 0.15) is 5.69 Å². The smallest absolute Gasteiger partial charge is 0.230 e. The molecule has 124 valence electrons. The fourth-order valence-electron chi connectivity index (χ4n) is 3.05. The molecule has 0 radical (unpaired) electrons. The van der Waals surface area contributed by atoms with Crippen molar-refractivity contribution < 1.29 is 9.32 Å². The number of anilines is 1. The Morgan fingerprint density at radius 1 is 1.00 bits per heavy atom. The van der Waals surface area contributed by atoms with Crippen molar-refractivity contribution in [2.75, 3.05) is 5.32 Å². The molecule has 0 saturated carbocycles. The molecule has 0 aliphatic heterocycles. The number of nitrogens with zero attached hydrogens (tertiary/aromatic N) is 1. The molecule has 0 bridgehead atoms. The molecule has 0 spiro atoms. The second-order valence-corrected chi connectivity index (χ2v) is 6.31. The first kappa shape index (κ1) is 15.4. The molecule has 0 aliphatic rings. The number of benzene rings is 3. The highest BCUT2D eigenvalue weighted by Gasteiger charge is 2.14. The van der Waals surface area contributed by atoms with Gasteiger partial charge in [-0.05, 0) is 48.6 Å². The predicted molar refractivity (Wildman–Crippen MR) is 99.8 cm³/mol. The summed E-state index contributed by atoms with van der Waals surface area (Å²) in [6, 6.07) is 17.9. The van der Waals surface area contributed by atoms with Gasteiger partial charge in [0.25, 0.3) is 0 Å². The number of amides is 1. The molecule has 1 N–H and O–H groups in total. The standard InChI is InChI=1S/C21H18N2O2/c1-13-10-17-19(23-25-20(17)11-14(13)2)12-21(24)22-18-9-5-7-15-6-3-4-8-16(15)18/h3-11H,12H2,1-2H3,(H,22,24). The number of aryl methyl sites for hydroxylation is 2. The van der Waals surface area contributed by atoms with Crippen LogP contribution in [0.3, 0.4) is 0 Å². The highest BCUT2D eigenvalue weighted by molar-refractivity contribution is 6.03. The lowest BCUT2D eigenvalue weighted by Crippen LogP contribution is -2.15. The van der Waals surface area contributed by atoms with Crippen LogP contribution in [0.25, 0.3) is 21.7 Å². The number of aromatic nitrogens is 1. The van der Waals surface area contributed by atoms with E-state index in [0.29, 0.717) is 5.69 Å². The monoisotopic (exact) mass is 330 g/mol. The number of carbonyl (C=O) groups excluding carboxylic acids is 1. The van der Waals surface area contributed by atoms with E-state index in [2.05, 4.69) is 10.5 Å². The van der Waals surface area contributed by atoms with Crippen LogP contribution in [0.15, 0.2) is 59.1 Å². The molecular formula is C21H18N2O2. The summed E-state index contributed by atoms with van der Waals surface area (Å²) < 4.78 is 5.38. The highest BCUT2D eigenvalue weighted by Crippen LogP contribution is 2.25. The van der Waals surface area contributed by atoms with E-state index in [0.717, 1.165) is 38.6 Å². The summed E-state index contributed by atoms with van der Waals surface area (Å²) in [5.74, 6) is -0.107. The average molecular weight is 330 g/mol. The molecule has 0 atom stereocenters. The zero-order chi connectivity index (χ0) is 17.4. The molecule has 0 saturated heterocycles. The van der Waals surface area contributed by atoms with E-state index in [1.54, 1.807) is 0 Å². The van der Waals surface area contributed by atoms with Crippen molar-refractivity contribution in [3.63, 3.8) is 0 Å². The fourth-order valence-corrected chi connectivity index (χ4v) is 3.05. The van der Waals surface area contributed by atoms with Crippen LogP contribution < -0.4 is 5.32 Å². The molecule has 4 aromatic rings. The maximum absolute atomic E-state index is 12.5. The van der Waals surface area contributed by atoms with Crippen LogP contribution in [0, 0.1) is 13.8 Å². The number of hydrogen-bond acceptors (Lipinski definition) is 3. The van der Waals surface area contributed by atoms with Crippen LogP contribution in [-0.2, 0) is 11.2 Å². The number of hydrogen-bond donors (Lipinski definition) is 1. The summed E-state index contributed by atoms with van der Waals surface area (Å²) in [5, 5.41) is 10.1. The highest BCUT2D eigenvalue weighted by atomic mass is 16.5. The zero-order valence-corrected chi connectivity index (χ0v) is 14.2. The Hall–Kier alpha value is -3.14. The summed E-state index contributed by atoms with van der Waals surface area (Å²) in [6.07, 6.45) is 0.179. The summed E-state index contributed by atoms with van der Waals surface area (Å²) in [5.41, 5.74) is 4.50. The van der Waals surface area contributed by atoms with E-state index in [1.807, 2.05) is 68.4 Å². The molecule has 0 unspecified atom stereocenters. The molecule has 4 nitrogen and oxygen atoms in total. The number of rotatable bonds is 3. The maximum atomic E-state index is 12.5. The first-order chi connectivity index (χ1) is 12.1. The fraction of sp³-hybridized carbons (Fsp3) is 0.143. The van der Waals surface area contributed by atoms with Gasteiger partial charge in [-0.2, -0.15) is 0 Å². The van der Waals surface area contributed by atoms with E-state index in [1.165, 1.54) is 0 Å². The molecule has 4 heteroatoms. The van der Waals surface area contributed by atoms with Crippen molar-refractivity contribution in [3.05, 3.63) is 71.4 Å². The van der Waals surface area contributed by atoms with Gasteiger partial charge >= 0.3 is 0 Å². The van der Waals surface area contributed by atoms with Crippen LogP contribution in [0.5, 0.6) is 0 Å². The average Bonchev–Trinajstić information content (AvgIpc) is 2.97. The van der Waals surface area contributed by atoms with Crippen molar-refractivity contribution in [2.24, 2.45) is 0 Å². The van der Waals surface area contributed by atoms with Gasteiger partial charge in [0.05, 0.1) is 6.42 Å². The first-order valence-corrected chi connectivity index (χ1v) is 8.25. The van der Waals surface area contributed by atoms with E-state index >= 15 is 0 Å². The van der Waals surface area contributed by atoms with Crippen molar-refractivity contribution in [3.8, 4) is 0 Å². The molecule has 1 amide bonds. The van der Waals surface area contributed by atoms with Crippen LogP contribution in [-0.4, -0.2) is 11.1 Å². The Labute approximate surface area is 145 Å². The van der Waals surface area contributed by atoms with Gasteiger partial charge in [-0.1, -0.05) is 41.6 Å².